The lowest BCUT2D eigenvalue weighted by atomic mass is 9.90. The second kappa shape index (κ2) is 10.00. The Hall–Kier alpha value is -4.52. The molecule has 2 amide bonds. The number of hydrazone groups is 1. The molecule has 0 bridgehead atoms. The average molecular weight is 484 g/mol. The lowest BCUT2D eigenvalue weighted by Crippen LogP contribution is -2.30. The van der Waals surface area contributed by atoms with Crippen LogP contribution in [0.15, 0.2) is 102 Å². The van der Waals surface area contributed by atoms with Crippen LogP contribution in [0.25, 0.3) is 0 Å². The van der Waals surface area contributed by atoms with Crippen LogP contribution in [0.4, 0.5) is 19.3 Å². The molecule has 0 radical (unpaired) electrons. The molecular formula is C29H23F2N3O2. The molecule has 1 unspecified atom stereocenters. The van der Waals surface area contributed by atoms with Crippen molar-refractivity contribution >= 4 is 17.4 Å². The van der Waals surface area contributed by atoms with Crippen LogP contribution in [0.2, 0.25) is 0 Å². The van der Waals surface area contributed by atoms with Crippen LogP contribution in [0.1, 0.15) is 22.6 Å². The van der Waals surface area contributed by atoms with Crippen molar-refractivity contribution in [1.29, 1.82) is 0 Å². The van der Waals surface area contributed by atoms with Crippen molar-refractivity contribution in [1.82, 2.24) is 5.01 Å². The van der Waals surface area contributed by atoms with Gasteiger partial charge in [-0.05, 0) is 66.6 Å². The summed E-state index contributed by atoms with van der Waals surface area (Å²) in [7, 11) is 0. The predicted molar refractivity (Wildman–Crippen MR) is 135 cm³/mol. The van der Waals surface area contributed by atoms with Crippen LogP contribution < -0.4 is 10.1 Å². The number of hydrogen-bond donors (Lipinski definition) is 1. The third-order valence-corrected chi connectivity index (χ3v) is 5.90. The van der Waals surface area contributed by atoms with Gasteiger partial charge in [0.1, 0.15) is 23.1 Å². The highest BCUT2D eigenvalue weighted by atomic mass is 19.1. The van der Waals surface area contributed by atoms with E-state index in [0.717, 1.165) is 11.1 Å². The highest BCUT2D eigenvalue weighted by Gasteiger charge is 2.32. The summed E-state index contributed by atoms with van der Waals surface area (Å²) in [4.78, 5) is 13.1. The number of rotatable bonds is 5. The molecule has 0 saturated carbocycles. The molecule has 0 spiro atoms. The number of ether oxygens (including phenoxy) is 1. The fourth-order valence-corrected chi connectivity index (χ4v) is 4.03. The van der Waals surface area contributed by atoms with E-state index in [1.807, 2.05) is 31.2 Å². The van der Waals surface area contributed by atoms with Gasteiger partial charge in [-0.3, -0.25) is 0 Å². The van der Waals surface area contributed by atoms with Crippen LogP contribution >= 0.6 is 0 Å². The monoisotopic (exact) mass is 483 g/mol. The van der Waals surface area contributed by atoms with Crippen molar-refractivity contribution in [3.05, 3.63) is 125 Å². The van der Waals surface area contributed by atoms with E-state index in [4.69, 9.17) is 4.74 Å². The van der Waals surface area contributed by atoms with Crippen molar-refractivity contribution in [3.8, 4) is 11.5 Å². The first-order valence-electron chi connectivity index (χ1n) is 11.5. The van der Waals surface area contributed by atoms with E-state index in [1.165, 1.54) is 29.3 Å². The third-order valence-electron chi connectivity index (χ3n) is 5.90. The van der Waals surface area contributed by atoms with Crippen molar-refractivity contribution in [2.45, 2.75) is 12.8 Å². The summed E-state index contributed by atoms with van der Waals surface area (Å²) in [6.45, 7) is 2.26. The SMILES string of the molecule is Cc1ccc(Oc2cccc(NC(=O)N3CC(c4ccc(F)cc4)C(c4ccc(F)cc4)=N3)c2)cc1. The van der Waals surface area contributed by atoms with Gasteiger partial charge in [-0.1, -0.05) is 48.0 Å². The molecule has 180 valence electrons. The molecule has 36 heavy (non-hydrogen) atoms. The molecular weight excluding hydrogens is 460 g/mol. The van der Waals surface area contributed by atoms with Crippen molar-refractivity contribution in [3.63, 3.8) is 0 Å². The van der Waals surface area contributed by atoms with Crippen molar-refractivity contribution in [2.75, 3.05) is 11.9 Å². The van der Waals surface area contributed by atoms with Gasteiger partial charge in [0.2, 0.25) is 0 Å². The maximum atomic E-state index is 13.5. The second-order valence-corrected chi connectivity index (χ2v) is 8.55. The third kappa shape index (κ3) is 5.25. The Morgan fingerprint density at radius 1 is 0.889 bits per heavy atom. The first kappa shape index (κ1) is 23.2. The number of halogens is 2. The zero-order valence-electron chi connectivity index (χ0n) is 19.5. The Morgan fingerprint density at radius 2 is 1.56 bits per heavy atom. The smallest absolute Gasteiger partial charge is 0.342 e. The summed E-state index contributed by atoms with van der Waals surface area (Å²) in [5.74, 6) is 0.271. The first-order valence-corrected chi connectivity index (χ1v) is 11.5. The van der Waals surface area contributed by atoms with Gasteiger partial charge in [0.05, 0.1) is 12.3 Å². The van der Waals surface area contributed by atoms with Crippen LogP contribution in [0, 0.1) is 18.6 Å². The average Bonchev–Trinajstić information content (AvgIpc) is 3.32. The van der Waals surface area contributed by atoms with E-state index in [2.05, 4.69) is 10.4 Å². The molecule has 0 fully saturated rings. The van der Waals surface area contributed by atoms with Gasteiger partial charge in [0.15, 0.2) is 0 Å². The maximum absolute atomic E-state index is 13.5. The quantitative estimate of drug-likeness (QED) is 0.329. The number of urea groups is 1. The Labute approximate surface area is 207 Å². The Bertz CT molecular complexity index is 1400. The zero-order valence-corrected chi connectivity index (χ0v) is 19.5. The van der Waals surface area contributed by atoms with Crippen LogP contribution in [-0.2, 0) is 0 Å². The number of hydrogen-bond acceptors (Lipinski definition) is 3. The summed E-state index contributed by atoms with van der Waals surface area (Å²) in [5.41, 5.74) is 3.79. The Balaban J connectivity index is 1.36. The topological polar surface area (TPSA) is 53.9 Å². The minimum atomic E-state index is -0.424. The molecule has 5 nitrogen and oxygen atoms in total. The number of amides is 2. The molecule has 1 heterocycles. The molecule has 7 heteroatoms. The van der Waals surface area contributed by atoms with Gasteiger partial charge in [-0.25, -0.2) is 18.6 Å². The second-order valence-electron chi connectivity index (χ2n) is 8.55. The van der Waals surface area contributed by atoms with Crippen molar-refractivity contribution in [2.24, 2.45) is 5.10 Å². The zero-order chi connectivity index (χ0) is 25.1. The molecule has 4 aromatic rings. The highest BCUT2D eigenvalue weighted by Crippen LogP contribution is 2.30. The van der Waals surface area contributed by atoms with E-state index in [1.54, 1.807) is 48.5 Å². The summed E-state index contributed by atoms with van der Waals surface area (Å²) < 4.78 is 32.9. The minimum Gasteiger partial charge on any atom is -0.457 e. The van der Waals surface area contributed by atoms with Gasteiger partial charge >= 0.3 is 6.03 Å². The molecule has 0 aromatic heterocycles. The molecule has 1 aliphatic heterocycles. The summed E-state index contributed by atoms with van der Waals surface area (Å²) >= 11 is 0. The number of carbonyl (C=O) groups excluding carboxylic acids is 1. The maximum Gasteiger partial charge on any atom is 0.342 e. The van der Waals surface area contributed by atoms with E-state index in [0.29, 0.717) is 28.5 Å². The molecule has 4 aromatic carbocycles. The normalized spacial score (nSPS) is 14.9. The van der Waals surface area contributed by atoms with Gasteiger partial charge in [-0.15, -0.1) is 0 Å². The van der Waals surface area contributed by atoms with Crippen molar-refractivity contribution < 1.29 is 18.3 Å². The molecule has 5 rings (SSSR count). The van der Waals surface area contributed by atoms with Crippen LogP contribution in [-0.4, -0.2) is 23.3 Å². The van der Waals surface area contributed by atoms with E-state index in [9.17, 15) is 13.6 Å². The number of aryl methyl sites for hydroxylation is 1. The Kier molecular flexibility index (Phi) is 6.45. The fraction of sp³-hybridized carbons (Fsp3) is 0.103. The lowest BCUT2D eigenvalue weighted by Gasteiger charge is -2.16. The molecule has 0 saturated heterocycles. The minimum absolute atomic E-state index is 0.254. The number of anilines is 1. The molecule has 1 atom stereocenters. The molecule has 1 N–H and O–H groups in total. The number of carbonyl (C=O) groups is 1. The fourth-order valence-electron chi connectivity index (χ4n) is 4.03. The Morgan fingerprint density at radius 3 is 2.25 bits per heavy atom. The van der Waals surface area contributed by atoms with E-state index < -0.39 is 6.03 Å². The van der Waals surface area contributed by atoms with Gasteiger partial charge in [-0.2, -0.15) is 5.10 Å². The van der Waals surface area contributed by atoms with Crippen LogP contribution in [0.5, 0.6) is 11.5 Å². The summed E-state index contributed by atoms with van der Waals surface area (Å²) in [5, 5.41) is 8.75. The number of nitrogens with zero attached hydrogens (tertiary/aromatic N) is 2. The molecule has 1 aliphatic rings. The molecule has 0 aliphatic carbocycles. The predicted octanol–water partition coefficient (Wildman–Crippen LogP) is 7.10. The largest absolute Gasteiger partial charge is 0.457 e. The van der Waals surface area contributed by atoms with Crippen LogP contribution in [0.3, 0.4) is 0 Å². The standard InChI is InChI=1S/C29H23F2N3O2/c1-19-5-15-25(16-6-19)36-26-4-2-3-24(17-26)32-29(35)34-18-27(20-7-11-22(30)12-8-20)28(33-34)21-9-13-23(31)14-10-21/h2-17,27H,18H2,1H3,(H,32,35). The first-order chi connectivity index (χ1) is 17.4. The van der Waals surface area contributed by atoms with Gasteiger partial charge in [0, 0.05) is 17.7 Å². The lowest BCUT2D eigenvalue weighted by molar-refractivity contribution is 0.218. The summed E-state index contributed by atoms with van der Waals surface area (Å²) in [6.07, 6.45) is 0. The number of benzene rings is 4. The summed E-state index contributed by atoms with van der Waals surface area (Å²) in [6, 6.07) is 26.4. The van der Waals surface area contributed by atoms with Gasteiger partial charge < -0.3 is 10.1 Å². The van der Waals surface area contributed by atoms with Gasteiger partial charge in [0.25, 0.3) is 0 Å². The van der Waals surface area contributed by atoms with E-state index >= 15 is 0 Å². The number of nitrogens with one attached hydrogen (secondary N) is 1. The van der Waals surface area contributed by atoms with E-state index in [-0.39, 0.29) is 24.1 Å². The highest BCUT2D eigenvalue weighted by molar-refractivity contribution is 6.07.